The van der Waals surface area contributed by atoms with Gasteiger partial charge in [0.15, 0.2) is 0 Å². The summed E-state index contributed by atoms with van der Waals surface area (Å²) in [6, 6.07) is 30.1. The van der Waals surface area contributed by atoms with E-state index in [0.717, 1.165) is 39.3 Å². The molecule has 1 aliphatic heterocycles. The zero-order chi connectivity index (χ0) is 28.3. The van der Waals surface area contributed by atoms with Crippen molar-refractivity contribution < 1.29 is 19.1 Å². The molecular weight excluding hydrogens is 498 g/mol. The number of benzene rings is 4. The Morgan fingerprint density at radius 3 is 2.08 bits per heavy atom. The fourth-order valence-corrected chi connectivity index (χ4v) is 5.49. The number of nitrogens with zero attached hydrogens (tertiary/aromatic N) is 1. The quantitative estimate of drug-likeness (QED) is 0.227. The topological polar surface area (TPSA) is 55.8 Å². The molecule has 1 aliphatic rings. The van der Waals surface area contributed by atoms with Gasteiger partial charge in [0.05, 0.1) is 23.4 Å². The van der Waals surface area contributed by atoms with E-state index >= 15 is 0 Å². The molecule has 40 heavy (non-hydrogen) atoms. The molecule has 0 aromatic heterocycles. The summed E-state index contributed by atoms with van der Waals surface area (Å²) in [6.07, 6.45) is 2.11. The molecule has 4 aromatic carbocycles. The maximum Gasteiger partial charge on any atom is 0.338 e. The summed E-state index contributed by atoms with van der Waals surface area (Å²) in [4.78, 5) is 28.8. The Morgan fingerprint density at radius 2 is 1.40 bits per heavy atom. The van der Waals surface area contributed by atoms with Crippen molar-refractivity contribution >= 4 is 23.1 Å². The minimum Gasteiger partial charge on any atom is -0.493 e. The largest absolute Gasteiger partial charge is 0.493 e. The minimum atomic E-state index is -0.577. The van der Waals surface area contributed by atoms with Crippen molar-refractivity contribution in [1.82, 2.24) is 0 Å². The van der Waals surface area contributed by atoms with E-state index in [0.29, 0.717) is 17.7 Å². The van der Waals surface area contributed by atoms with Gasteiger partial charge in [-0.3, -0.25) is 9.69 Å². The summed E-state index contributed by atoms with van der Waals surface area (Å²) in [5, 5.41) is 0. The summed E-state index contributed by atoms with van der Waals surface area (Å²) < 4.78 is 11.9. The van der Waals surface area contributed by atoms with E-state index < -0.39 is 11.5 Å². The van der Waals surface area contributed by atoms with E-state index in [9.17, 15) is 9.59 Å². The van der Waals surface area contributed by atoms with Crippen molar-refractivity contribution in [2.24, 2.45) is 0 Å². The molecule has 0 fully saturated rings. The Labute approximate surface area is 235 Å². The number of allylic oxidation sites excluding steroid dienone is 1. The molecule has 202 valence electrons. The zero-order valence-corrected chi connectivity index (χ0v) is 23.3. The van der Waals surface area contributed by atoms with Crippen LogP contribution in [-0.4, -0.2) is 24.0 Å². The average Bonchev–Trinajstić information content (AvgIpc) is 2.96. The summed E-state index contributed by atoms with van der Waals surface area (Å²) in [5.41, 5.74) is 5.81. The number of ether oxygens (including phenoxy) is 2. The number of esters is 1. The van der Waals surface area contributed by atoms with Gasteiger partial charge >= 0.3 is 5.97 Å². The first kappa shape index (κ1) is 26.9. The molecule has 0 unspecified atom stereocenters. The summed E-state index contributed by atoms with van der Waals surface area (Å²) in [5.74, 6) is 0.248. The third-order valence-corrected chi connectivity index (χ3v) is 7.13. The van der Waals surface area contributed by atoms with Gasteiger partial charge in [-0.1, -0.05) is 66.7 Å². The van der Waals surface area contributed by atoms with Crippen LogP contribution in [0, 0.1) is 0 Å². The first-order valence-corrected chi connectivity index (χ1v) is 13.5. The Balaban J connectivity index is 1.68. The van der Waals surface area contributed by atoms with Crippen LogP contribution in [0.5, 0.6) is 5.75 Å². The lowest BCUT2D eigenvalue weighted by atomic mass is 9.83. The monoisotopic (exact) mass is 531 g/mol. The molecular formula is C35H33NO4. The van der Waals surface area contributed by atoms with E-state index in [1.165, 1.54) is 0 Å². The van der Waals surface area contributed by atoms with Crippen LogP contribution in [0.4, 0.5) is 5.69 Å². The smallest absolute Gasteiger partial charge is 0.338 e. The Kier molecular flexibility index (Phi) is 7.56. The number of fused-ring (bicyclic) bond motifs is 1. The standard InChI is InChI=1S/C35H33NO4/c1-5-39-31-19-13-12-18-28(31)27-20-21-30-32(29(27)23-40-34(38)26-16-10-7-11-17-26)24(2)22-35(3,4)36(30)33(37)25-14-8-6-9-15-25/h6-22H,5,23H2,1-4H3. The molecule has 0 spiro atoms. The van der Waals surface area contributed by atoms with Crippen molar-refractivity contribution in [3.8, 4) is 16.9 Å². The van der Waals surface area contributed by atoms with Gasteiger partial charge in [-0.05, 0) is 75.2 Å². The van der Waals surface area contributed by atoms with Gasteiger partial charge in [-0.2, -0.15) is 0 Å². The second-order valence-corrected chi connectivity index (χ2v) is 10.3. The second kappa shape index (κ2) is 11.2. The van der Waals surface area contributed by atoms with Crippen molar-refractivity contribution in [3.63, 3.8) is 0 Å². The first-order chi connectivity index (χ1) is 19.3. The summed E-state index contributed by atoms with van der Waals surface area (Å²) in [7, 11) is 0. The molecule has 0 saturated carbocycles. The van der Waals surface area contributed by atoms with Crippen LogP contribution in [0.25, 0.3) is 16.7 Å². The molecule has 0 saturated heterocycles. The molecule has 1 heterocycles. The van der Waals surface area contributed by atoms with E-state index in [1.54, 1.807) is 12.1 Å². The Hall–Kier alpha value is -4.64. The van der Waals surface area contributed by atoms with Crippen LogP contribution in [-0.2, 0) is 11.3 Å². The highest BCUT2D eigenvalue weighted by Gasteiger charge is 2.38. The molecule has 0 aliphatic carbocycles. The number of carbonyl (C=O) groups excluding carboxylic acids is 2. The highest BCUT2D eigenvalue weighted by atomic mass is 16.5. The minimum absolute atomic E-state index is 0.0334. The van der Waals surface area contributed by atoms with Crippen LogP contribution in [0.2, 0.25) is 0 Å². The van der Waals surface area contributed by atoms with E-state index in [2.05, 4.69) is 6.08 Å². The number of rotatable bonds is 7. The number of anilines is 1. The van der Waals surface area contributed by atoms with Crippen molar-refractivity contribution in [2.75, 3.05) is 11.5 Å². The molecule has 5 rings (SSSR count). The predicted molar refractivity (Wildman–Crippen MR) is 160 cm³/mol. The molecule has 0 N–H and O–H groups in total. The Bertz CT molecular complexity index is 1570. The highest BCUT2D eigenvalue weighted by Crippen LogP contribution is 2.46. The third-order valence-electron chi connectivity index (χ3n) is 7.13. The molecule has 4 aromatic rings. The molecule has 5 nitrogen and oxygen atoms in total. The first-order valence-electron chi connectivity index (χ1n) is 13.5. The van der Waals surface area contributed by atoms with E-state index in [1.807, 2.05) is 118 Å². The highest BCUT2D eigenvalue weighted by molar-refractivity contribution is 6.10. The van der Waals surface area contributed by atoms with Gasteiger partial charge in [-0.25, -0.2) is 4.79 Å². The normalized spacial score (nSPS) is 13.7. The van der Waals surface area contributed by atoms with Crippen molar-refractivity contribution in [3.05, 3.63) is 125 Å². The summed E-state index contributed by atoms with van der Waals surface area (Å²) >= 11 is 0. The number of amides is 1. The van der Waals surface area contributed by atoms with Gasteiger partial charge in [0.2, 0.25) is 0 Å². The maximum absolute atomic E-state index is 13.9. The number of para-hydroxylation sites is 1. The third kappa shape index (κ3) is 5.15. The lowest BCUT2D eigenvalue weighted by molar-refractivity contribution is 0.0473. The Morgan fingerprint density at radius 1 is 0.775 bits per heavy atom. The van der Waals surface area contributed by atoms with Gasteiger partial charge in [0.25, 0.3) is 5.91 Å². The van der Waals surface area contributed by atoms with Crippen LogP contribution in [0.1, 0.15) is 59.5 Å². The van der Waals surface area contributed by atoms with Crippen molar-refractivity contribution in [2.45, 2.75) is 39.8 Å². The lowest BCUT2D eigenvalue weighted by Crippen LogP contribution is -2.49. The predicted octanol–water partition coefficient (Wildman–Crippen LogP) is 7.95. The number of hydrogen-bond donors (Lipinski definition) is 0. The maximum atomic E-state index is 13.9. The molecule has 1 amide bonds. The SMILES string of the molecule is CCOc1ccccc1-c1ccc2c(c1COC(=O)c1ccccc1)C(C)=CC(C)(C)N2C(=O)c1ccccc1. The van der Waals surface area contributed by atoms with E-state index in [4.69, 9.17) is 9.47 Å². The summed E-state index contributed by atoms with van der Waals surface area (Å²) in [6.45, 7) is 8.62. The van der Waals surface area contributed by atoms with Gasteiger partial charge in [0, 0.05) is 22.3 Å². The second-order valence-electron chi connectivity index (χ2n) is 10.3. The molecule has 0 bridgehead atoms. The molecule has 0 atom stereocenters. The lowest BCUT2D eigenvalue weighted by Gasteiger charge is -2.42. The van der Waals surface area contributed by atoms with Gasteiger partial charge in [-0.15, -0.1) is 0 Å². The van der Waals surface area contributed by atoms with E-state index in [-0.39, 0.29) is 12.5 Å². The van der Waals surface area contributed by atoms with Gasteiger partial charge < -0.3 is 9.47 Å². The van der Waals surface area contributed by atoms with Crippen molar-refractivity contribution in [1.29, 1.82) is 0 Å². The zero-order valence-electron chi connectivity index (χ0n) is 23.3. The average molecular weight is 532 g/mol. The van der Waals surface area contributed by atoms with Crippen LogP contribution < -0.4 is 9.64 Å². The van der Waals surface area contributed by atoms with Crippen LogP contribution in [0.15, 0.2) is 103 Å². The van der Waals surface area contributed by atoms with Crippen LogP contribution >= 0.6 is 0 Å². The molecule has 0 radical (unpaired) electrons. The number of carbonyl (C=O) groups is 2. The van der Waals surface area contributed by atoms with Gasteiger partial charge in [0.1, 0.15) is 12.4 Å². The van der Waals surface area contributed by atoms with Crippen LogP contribution in [0.3, 0.4) is 0 Å². The fourth-order valence-electron chi connectivity index (χ4n) is 5.49. The molecule has 5 heteroatoms. The number of hydrogen-bond acceptors (Lipinski definition) is 4. The fraction of sp³-hybridized carbons (Fsp3) is 0.200.